The van der Waals surface area contributed by atoms with E-state index in [1.807, 2.05) is 0 Å². The molecule has 4 nitrogen and oxygen atoms in total. The van der Waals surface area contributed by atoms with Crippen molar-refractivity contribution in [3.05, 3.63) is 0 Å². The number of carboxylic acids is 2. The second-order valence-electron chi connectivity index (χ2n) is 10.0. The van der Waals surface area contributed by atoms with Crippen LogP contribution in [-0.4, -0.2) is 11.9 Å². The first-order chi connectivity index (χ1) is 16.5. The molecule has 0 aliphatic heterocycles. The molecule has 204 valence electrons. The number of aliphatic carboxylic acids is 2. The van der Waals surface area contributed by atoms with Gasteiger partial charge in [-0.15, -0.1) is 0 Å². The molecule has 0 aromatic carbocycles. The normalized spacial score (nSPS) is 10.1. The van der Waals surface area contributed by atoms with Crippen molar-refractivity contribution in [3.8, 4) is 0 Å². The Labute approximate surface area is 249 Å². The van der Waals surface area contributed by atoms with Gasteiger partial charge in [-0.3, -0.25) is 0 Å². The van der Waals surface area contributed by atoms with E-state index in [0.29, 0.717) is 0 Å². The number of carbonyl (C=O) groups excluding carboxylic acids is 2. The maximum Gasteiger partial charge on any atom is 1.00 e. The molecule has 0 aliphatic carbocycles. The average Bonchev–Trinajstić information content (AvgIpc) is 2.80. The van der Waals surface area contributed by atoms with Gasteiger partial charge in [-0.1, -0.05) is 155 Å². The zero-order chi connectivity index (χ0) is 25.5. The molecule has 0 aromatic rings. The number of rotatable bonds is 26. The van der Waals surface area contributed by atoms with Crippen LogP contribution in [0.4, 0.5) is 0 Å². The van der Waals surface area contributed by atoms with Gasteiger partial charge < -0.3 is 19.8 Å². The second-order valence-corrected chi connectivity index (χ2v) is 10.0. The summed E-state index contributed by atoms with van der Waals surface area (Å²) in [5.41, 5.74) is 0. The molecular formula is C30H58Li2O4. The first-order valence-electron chi connectivity index (χ1n) is 14.9. The third kappa shape index (κ3) is 47.3. The quantitative estimate of drug-likeness (QED) is 0.135. The Kier molecular flexibility index (Phi) is 47.6. The van der Waals surface area contributed by atoms with Gasteiger partial charge in [-0.2, -0.15) is 0 Å². The van der Waals surface area contributed by atoms with E-state index < -0.39 is 11.9 Å². The summed E-state index contributed by atoms with van der Waals surface area (Å²) >= 11 is 0. The summed E-state index contributed by atoms with van der Waals surface area (Å²) in [6, 6.07) is 0. The van der Waals surface area contributed by atoms with Crippen LogP contribution < -0.4 is 47.9 Å². The fourth-order valence-corrected chi connectivity index (χ4v) is 4.22. The fraction of sp³-hybridized carbons (Fsp3) is 0.933. The Morgan fingerprint density at radius 3 is 0.694 bits per heavy atom. The van der Waals surface area contributed by atoms with Crippen LogP contribution in [0, 0.1) is 0 Å². The second kappa shape index (κ2) is 39.6. The van der Waals surface area contributed by atoms with Gasteiger partial charge in [0.05, 0.1) is 0 Å². The van der Waals surface area contributed by atoms with Crippen LogP contribution in [0.2, 0.25) is 0 Å². The van der Waals surface area contributed by atoms with Crippen LogP contribution in [0.25, 0.3) is 0 Å². The minimum absolute atomic E-state index is 0. The van der Waals surface area contributed by atoms with Gasteiger partial charge in [-0.05, 0) is 25.7 Å². The van der Waals surface area contributed by atoms with E-state index in [9.17, 15) is 19.8 Å². The average molecular weight is 497 g/mol. The van der Waals surface area contributed by atoms with Crippen LogP contribution in [0.15, 0.2) is 0 Å². The van der Waals surface area contributed by atoms with Crippen molar-refractivity contribution in [2.24, 2.45) is 0 Å². The van der Waals surface area contributed by atoms with Crippen molar-refractivity contribution in [1.29, 1.82) is 0 Å². The van der Waals surface area contributed by atoms with E-state index in [4.69, 9.17) is 0 Å². The molecule has 36 heavy (non-hydrogen) atoms. The summed E-state index contributed by atoms with van der Waals surface area (Å²) in [5.74, 6) is -1.81. The molecule has 0 aliphatic rings. The summed E-state index contributed by atoms with van der Waals surface area (Å²) in [5, 5.41) is 20.3. The largest absolute Gasteiger partial charge is 1.00 e. The summed E-state index contributed by atoms with van der Waals surface area (Å²) in [4.78, 5) is 20.3. The van der Waals surface area contributed by atoms with Gasteiger partial charge in [0.2, 0.25) is 0 Å². The van der Waals surface area contributed by atoms with E-state index in [0.717, 1.165) is 25.7 Å². The molecule has 6 heteroatoms. The Morgan fingerprint density at radius 1 is 0.361 bits per heavy atom. The molecule has 0 atom stereocenters. The molecule has 0 N–H and O–H groups in total. The predicted octanol–water partition coefficient (Wildman–Crippen LogP) is 1.66. The fourth-order valence-electron chi connectivity index (χ4n) is 4.22. The third-order valence-corrected chi connectivity index (χ3v) is 6.47. The molecule has 0 unspecified atom stereocenters. The van der Waals surface area contributed by atoms with Crippen molar-refractivity contribution in [2.45, 2.75) is 181 Å². The number of carboxylic acid groups (broad SMARTS) is 2. The molecule has 0 aromatic heterocycles. The standard InChI is InChI=1S/C16H32O2.C14H28O2.2Li/c1-2-3-4-5-6-7-8-9-10-11-12-13-14-15-16(17)18;1-2-3-4-5-6-7-8-9-10-11-12-13-14(15)16;;/h2-15H2,1H3,(H,17,18);2-13H2,1H3,(H,15,16);;/q;;2*+1/p-2. The zero-order valence-corrected chi connectivity index (χ0v) is 25.0. The summed E-state index contributed by atoms with van der Waals surface area (Å²) in [7, 11) is 0. The molecule has 0 bridgehead atoms. The number of carbonyl (C=O) groups is 2. The van der Waals surface area contributed by atoms with Crippen LogP contribution in [0.5, 0.6) is 0 Å². The van der Waals surface area contributed by atoms with Crippen LogP contribution >= 0.6 is 0 Å². The van der Waals surface area contributed by atoms with Gasteiger partial charge in [0.1, 0.15) is 0 Å². The smallest absolute Gasteiger partial charge is 0.550 e. The zero-order valence-electron chi connectivity index (χ0n) is 25.0. The van der Waals surface area contributed by atoms with Crippen molar-refractivity contribution >= 4 is 11.9 Å². The molecule has 0 spiro atoms. The van der Waals surface area contributed by atoms with Crippen molar-refractivity contribution in [1.82, 2.24) is 0 Å². The summed E-state index contributed by atoms with van der Waals surface area (Å²) < 4.78 is 0. The number of hydrogen-bond donors (Lipinski definition) is 0. The Balaban J connectivity index is -0.000000271. The molecule has 0 fully saturated rings. The van der Waals surface area contributed by atoms with Gasteiger partial charge in [0.25, 0.3) is 0 Å². The molecule has 0 radical (unpaired) electrons. The van der Waals surface area contributed by atoms with Gasteiger partial charge in [0, 0.05) is 11.9 Å². The molecule has 0 heterocycles. The van der Waals surface area contributed by atoms with E-state index in [-0.39, 0.29) is 50.6 Å². The van der Waals surface area contributed by atoms with E-state index in [2.05, 4.69) is 13.8 Å². The van der Waals surface area contributed by atoms with Crippen LogP contribution in [0.1, 0.15) is 181 Å². The Hall–Kier alpha value is 0.135. The topological polar surface area (TPSA) is 80.3 Å². The number of unbranched alkanes of at least 4 members (excludes halogenated alkanes) is 22. The first kappa shape index (κ1) is 43.2. The Morgan fingerprint density at radius 2 is 0.528 bits per heavy atom. The molecular weight excluding hydrogens is 438 g/mol. The maximum absolute atomic E-state index is 10.2. The summed E-state index contributed by atoms with van der Waals surface area (Å²) in [6.07, 6.45) is 31.0. The monoisotopic (exact) mass is 496 g/mol. The van der Waals surface area contributed by atoms with E-state index in [1.54, 1.807) is 0 Å². The van der Waals surface area contributed by atoms with E-state index >= 15 is 0 Å². The molecule has 0 amide bonds. The minimum Gasteiger partial charge on any atom is -0.550 e. The van der Waals surface area contributed by atoms with Gasteiger partial charge in [0.15, 0.2) is 0 Å². The van der Waals surface area contributed by atoms with Gasteiger partial charge >= 0.3 is 37.7 Å². The molecule has 0 rings (SSSR count). The Bertz CT molecular complexity index is 420. The van der Waals surface area contributed by atoms with Gasteiger partial charge in [-0.25, -0.2) is 0 Å². The SMILES string of the molecule is CCCCCCCCCCCCCC(=O)[O-].CCCCCCCCCCCCCCCC(=O)[O-].[Li+].[Li+]. The number of hydrogen-bond acceptors (Lipinski definition) is 4. The van der Waals surface area contributed by atoms with Crippen molar-refractivity contribution < 1.29 is 57.5 Å². The van der Waals surface area contributed by atoms with Crippen LogP contribution in [0.3, 0.4) is 0 Å². The van der Waals surface area contributed by atoms with Crippen molar-refractivity contribution in [2.75, 3.05) is 0 Å². The van der Waals surface area contributed by atoms with Crippen LogP contribution in [-0.2, 0) is 9.59 Å². The van der Waals surface area contributed by atoms with Crippen molar-refractivity contribution in [3.63, 3.8) is 0 Å². The predicted molar refractivity (Wildman–Crippen MR) is 141 cm³/mol. The minimum atomic E-state index is -0.907. The maximum atomic E-state index is 10.2. The molecule has 0 saturated heterocycles. The summed E-state index contributed by atoms with van der Waals surface area (Å²) in [6.45, 7) is 4.50. The molecule has 0 saturated carbocycles. The first-order valence-corrected chi connectivity index (χ1v) is 14.9. The third-order valence-electron chi connectivity index (χ3n) is 6.47. The van der Waals surface area contributed by atoms with E-state index in [1.165, 1.54) is 128 Å².